The number of carbonyl (C=O) groups excluding carboxylic acids is 1. The van der Waals surface area contributed by atoms with E-state index in [1.54, 1.807) is 0 Å². The zero-order valence-electron chi connectivity index (χ0n) is 18.3. The van der Waals surface area contributed by atoms with Crippen LogP contribution >= 0.6 is 0 Å². The molecule has 1 fully saturated rings. The van der Waals surface area contributed by atoms with E-state index in [0.717, 1.165) is 30.9 Å². The van der Waals surface area contributed by atoms with Crippen LogP contribution in [0.15, 0.2) is 30.3 Å². The molecule has 1 saturated carbocycles. The van der Waals surface area contributed by atoms with E-state index in [9.17, 15) is 4.79 Å². The van der Waals surface area contributed by atoms with Crippen LogP contribution in [0, 0.1) is 16.7 Å². The molecule has 0 aliphatic heterocycles. The van der Waals surface area contributed by atoms with Crippen LogP contribution in [-0.4, -0.2) is 18.4 Å². The van der Waals surface area contributed by atoms with Crippen molar-refractivity contribution in [1.82, 2.24) is 5.32 Å². The highest BCUT2D eigenvalue weighted by Gasteiger charge is 2.35. The maximum atomic E-state index is 13.0. The SMILES string of the molecule is CC1CCCCCCC1NCCC(C)(C)CC(C)(C)C(=O)c1ccccc1. The Labute approximate surface area is 167 Å². The summed E-state index contributed by atoms with van der Waals surface area (Å²) in [5.41, 5.74) is 0.643. The van der Waals surface area contributed by atoms with Gasteiger partial charge in [-0.15, -0.1) is 0 Å². The number of ketones is 1. The third kappa shape index (κ3) is 7.07. The summed E-state index contributed by atoms with van der Waals surface area (Å²) in [6, 6.07) is 10.4. The Morgan fingerprint density at radius 1 is 1.00 bits per heavy atom. The van der Waals surface area contributed by atoms with Crippen LogP contribution in [0.5, 0.6) is 0 Å². The quantitative estimate of drug-likeness (QED) is 0.518. The van der Waals surface area contributed by atoms with Gasteiger partial charge in [-0.05, 0) is 43.6 Å². The van der Waals surface area contributed by atoms with Crippen LogP contribution in [0.1, 0.15) is 96.3 Å². The first-order valence-electron chi connectivity index (χ1n) is 11.0. The highest BCUT2D eigenvalue weighted by Crippen LogP contribution is 2.38. The molecule has 2 rings (SSSR count). The summed E-state index contributed by atoms with van der Waals surface area (Å²) in [7, 11) is 0. The van der Waals surface area contributed by atoms with E-state index in [4.69, 9.17) is 0 Å². The molecular weight excluding hydrogens is 330 g/mol. The van der Waals surface area contributed by atoms with Crippen molar-refractivity contribution in [2.45, 2.75) is 92.0 Å². The molecule has 0 spiro atoms. The topological polar surface area (TPSA) is 29.1 Å². The molecule has 2 unspecified atom stereocenters. The monoisotopic (exact) mass is 371 g/mol. The molecule has 27 heavy (non-hydrogen) atoms. The number of carbonyl (C=O) groups is 1. The summed E-state index contributed by atoms with van der Waals surface area (Å²) in [6.45, 7) is 12.3. The Hall–Kier alpha value is -1.15. The molecular formula is C25H41NO. The molecule has 152 valence electrons. The van der Waals surface area contributed by atoms with E-state index < -0.39 is 0 Å². The van der Waals surface area contributed by atoms with Crippen molar-refractivity contribution >= 4 is 5.78 Å². The van der Waals surface area contributed by atoms with Crippen LogP contribution in [0.4, 0.5) is 0 Å². The Bertz CT molecular complexity index is 575. The van der Waals surface area contributed by atoms with Gasteiger partial charge in [0.2, 0.25) is 0 Å². The number of Topliss-reactive ketones (excluding diaryl/α,β-unsaturated/α-hetero) is 1. The molecule has 1 aliphatic rings. The number of hydrogen-bond acceptors (Lipinski definition) is 2. The summed E-state index contributed by atoms with van der Waals surface area (Å²) < 4.78 is 0. The normalized spacial score (nSPS) is 22.1. The highest BCUT2D eigenvalue weighted by molar-refractivity contribution is 6.00. The molecule has 0 radical (unpaired) electrons. The van der Waals surface area contributed by atoms with Crippen molar-refractivity contribution in [2.24, 2.45) is 16.7 Å². The Balaban J connectivity index is 1.86. The first kappa shape index (κ1) is 22.1. The fraction of sp³-hybridized carbons (Fsp3) is 0.720. The average molecular weight is 372 g/mol. The molecule has 1 N–H and O–H groups in total. The third-order valence-corrected chi connectivity index (χ3v) is 6.39. The van der Waals surface area contributed by atoms with Crippen molar-refractivity contribution < 1.29 is 4.79 Å². The molecule has 0 heterocycles. The van der Waals surface area contributed by atoms with Gasteiger partial charge in [0.05, 0.1) is 0 Å². The minimum Gasteiger partial charge on any atom is -0.314 e. The maximum Gasteiger partial charge on any atom is 0.168 e. The first-order chi connectivity index (χ1) is 12.7. The predicted molar refractivity (Wildman–Crippen MR) is 116 cm³/mol. The standard InChI is InChI=1S/C25H41NO/c1-20-13-9-6-7-12-16-22(20)26-18-17-24(2,3)19-25(4,5)23(27)21-14-10-8-11-15-21/h8,10-11,14-15,20,22,26H,6-7,9,12-13,16-19H2,1-5H3. The second-order valence-corrected chi connectivity index (χ2v) is 10.2. The number of nitrogens with one attached hydrogen (secondary N) is 1. The second-order valence-electron chi connectivity index (χ2n) is 10.2. The van der Waals surface area contributed by atoms with Crippen molar-refractivity contribution in [3.8, 4) is 0 Å². The summed E-state index contributed by atoms with van der Waals surface area (Å²) >= 11 is 0. The summed E-state index contributed by atoms with van der Waals surface area (Å²) in [5.74, 6) is 1.04. The zero-order chi connectivity index (χ0) is 19.9. The second kappa shape index (κ2) is 9.87. The fourth-order valence-corrected chi connectivity index (χ4v) is 4.91. The van der Waals surface area contributed by atoms with Gasteiger partial charge in [0.25, 0.3) is 0 Å². The van der Waals surface area contributed by atoms with Gasteiger partial charge in [0.1, 0.15) is 0 Å². The van der Waals surface area contributed by atoms with Gasteiger partial charge in [-0.1, -0.05) is 90.6 Å². The largest absolute Gasteiger partial charge is 0.314 e. The highest BCUT2D eigenvalue weighted by atomic mass is 16.1. The third-order valence-electron chi connectivity index (χ3n) is 6.39. The lowest BCUT2D eigenvalue weighted by atomic mass is 9.70. The number of hydrogen-bond donors (Lipinski definition) is 1. The minimum atomic E-state index is -0.335. The van der Waals surface area contributed by atoms with E-state index >= 15 is 0 Å². The molecule has 1 aromatic rings. The van der Waals surface area contributed by atoms with E-state index in [1.807, 2.05) is 30.3 Å². The fourth-order valence-electron chi connectivity index (χ4n) is 4.91. The molecule has 0 aromatic heterocycles. The number of rotatable bonds is 8. The zero-order valence-corrected chi connectivity index (χ0v) is 18.3. The minimum absolute atomic E-state index is 0.145. The first-order valence-corrected chi connectivity index (χ1v) is 11.0. The lowest BCUT2D eigenvalue weighted by Gasteiger charge is -2.35. The lowest BCUT2D eigenvalue weighted by Crippen LogP contribution is -2.38. The molecule has 1 aliphatic carbocycles. The molecule has 1 aromatic carbocycles. The van der Waals surface area contributed by atoms with Crippen LogP contribution < -0.4 is 5.32 Å². The van der Waals surface area contributed by atoms with Gasteiger partial charge >= 0.3 is 0 Å². The molecule has 2 nitrogen and oxygen atoms in total. The van der Waals surface area contributed by atoms with E-state index in [1.165, 1.54) is 38.5 Å². The van der Waals surface area contributed by atoms with Crippen LogP contribution in [0.3, 0.4) is 0 Å². The smallest absolute Gasteiger partial charge is 0.168 e. The van der Waals surface area contributed by atoms with Crippen LogP contribution in [0.2, 0.25) is 0 Å². The van der Waals surface area contributed by atoms with Gasteiger partial charge in [0, 0.05) is 17.0 Å². The van der Waals surface area contributed by atoms with Crippen molar-refractivity contribution in [1.29, 1.82) is 0 Å². The Morgan fingerprint density at radius 3 is 2.30 bits per heavy atom. The van der Waals surface area contributed by atoms with Gasteiger partial charge in [-0.2, -0.15) is 0 Å². The Kier molecular flexibility index (Phi) is 8.09. The lowest BCUT2D eigenvalue weighted by molar-refractivity contribution is 0.0749. The maximum absolute atomic E-state index is 13.0. The van der Waals surface area contributed by atoms with E-state index in [2.05, 4.69) is 39.9 Å². The average Bonchev–Trinajstić information content (AvgIpc) is 2.60. The van der Waals surface area contributed by atoms with Gasteiger partial charge in [-0.3, -0.25) is 4.79 Å². The van der Waals surface area contributed by atoms with Crippen molar-refractivity contribution in [3.63, 3.8) is 0 Å². The van der Waals surface area contributed by atoms with E-state index in [0.29, 0.717) is 6.04 Å². The van der Waals surface area contributed by atoms with Crippen molar-refractivity contribution in [3.05, 3.63) is 35.9 Å². The molecule has 0 amide bonds. The van der Waals surface area contributed by atoms with Gasteiger partial charge in [-0.25, -0.2) is 0 Å². The van der Waals surface area contributed by atoms with Crippen LogP contribution in [0.25, 0.3) is 0 Å². The summed E-state index contributed by atoms with van der Waals surface area (Å²) in [4.78, 5) is 13.0. The number of benzene rings is 1. The molecule has 0 bridgehead atoms. The molecule has 2 atom stereocenters. The van der Waals surface area contributed by atoms with Gasteiger partial charge < -0.3 is 5.32 Å². The summed E-state index contributed by atoms with van der Waals surface area (Å²) in [6.07, 6.45) is 10.3. The predicted octanol–water partition coefficient (Wildman–Crippen LogP) is 6.65. The summed E-state index contributed by atoms with van der Waals surface area (Å²) in [5, 5.41) is 3.86. The van der Waals surface area contributed by atoms with Crippen molar-refractivity contribution in [2.75, 3.05) is 6.54 Å². The molecule has 0 saturated heterocycles. The van der Waals surface area contributed by atoms with Crippen LogP contribution in [-0.2, 0) is 0 Å². The Morgan fingerprint density at radius 2 is 1.63 bits per heavy atom. The van der Waals surface area contributed by atoms with Gasteiger partial charge in [0.15, 0.2) is 5.78 Å². The van der Waals surface area contributed by atoms with E-state index in [-0.39, 0.29) is 16.6 Å². The molecule has 2 heteroatoms.